The molecular weight excluding hydrogens is 224 g/mol. The van der Waals surface area contributed by atoms with Gasteiger partial charge in [-0.1, -0.05) is 20.8 Å². The zero-order valence-electron chi connectivity index (χ0n) is 9.95. The molecule has 0 radical (unpaired) electrons. The van der Waals surface area contributed by atoms with Gasteiger partial charge in [0.15, 0.2) is 5.65 Å². The van der Waals surface area contributed by atoms with Crippen LogP contribution in [0.2, 0.25) is 5.28 Å². The summed E-state index contributed by atoms with van der Waals surface area (Å²) in [6.45, 7) is 9.38. The number of imidazole rings is 1. The molecule has 0 spiro atoms. The second-order valence-electron chi connectivity index (χ2n) is 5.15. The van der Waals surface area contributed by atoms with Crippen molar-refractivity contribution in [1.82, 2.24) is 19.5 Å². The Hall–Kier alpha value is -1.16. The predicted molar refractivity (Wildman–Crippen MR) is 64.5 cm³/mol. The lowest BCUT2D eigenvalue weighted by atomic mass is 9.97. The van der Waals surface area contributed by atoms with Crippen molar-refractivity contribution in [2.75, 3.05) is 0 Å². The number of hydrogen-bond donors (Lipinski definition) is 0. The van der Waals surface area contributed by atoms with Crippen molar-refractivity contribution in [2.24, 2.45) is 5.41 Å². The molecule has 86 valence electrons. The maximum atomic E-state index is 5.81. The van der Waals surface area contributed by atoms with Gasteiger partial charge in [-0.25, -0.2) is 9.97 Å². The number of rotatable bonds is 1. The first-order valence-corrected chi connectivity index (χ1v) is 5.60. The molecular formula is C11H15ClN4. The van der Waals surface area contributed by atoms with Crippen LogP contribution in [-0.2, 0) is 6.54 Å². The number of aryl methyl sites for hydroxylation is 1. The summed E-state index contributed by atoms with van der Waals surface area (Å²) in [5, 5.41) is 0.266. The Balaban J connectivity index is 2.58. The highest BCUT2D eigenvalue weighted by atomic mass is 35.5. The summed E-state index contributed by atoms with van der Waals surface area (Å²) in [6, 6.07) is 0. The third kappa shape index (κ3) is 2.16. The monoisotopic (exact) mass is 238 g/mol. The van der Waals surface area contributed by atoms with Crippen LogP contribution in [0.4, 0.5) is 0 Å². The molecule has 2 aromatic rings. The number of halogens is 1. The third-order valence-corrected chi connectivity index (χ3v) is 2.46. The average molecular weight is 239 g/mol. The Morgan fingerprint density at radius 2 is 2.00 bits per heavy atom. The zero-order chi connectivity index (χ0) is 11.9. The molecule has 0 N–H and O–H groups in total. The van der Waals surface area contributed by atoms with E-state index in [0.717, 1.165) is 23.5 Å². The molecule has 0 aliphatic carbocycles. The van der Waals surface area contributed by atoms with Gasteiger partial charge in [-0.05, 0) is 23.9 Å². The first kappa shape index (κ1) is 11.3. The number of aromatic nitrogens is 4. The Morgan fingerprint density at radius 1 is 1.31 bits per heavy atom. The van der Waals surface area contributed by atoms with E-state index in [4.69, 9.17) is 11.6 Å². The van der Waals surface area contributed by atoms with E-state index in [2.05, 4.69) is 40.3 Å². The van der Waals surface area contributed by atoms with Crippen molar-refractivity contribution >= 4 is 22.8 Å². The summed E-state index contributed by atoms with van der Waals surface area (Å²) in [5.41, 5.74) is 1.79. The fourth-order valence-corrected chi connectivity index (χ4v) is 1.80. The van der Waals surface area contributed by atoms with Crippen LogP contribution in [-0.4, -0.2) is 19.5 Å². The van der Waals surface area contributed by atoms with Crippen LogP contribution < -0.4 is 0 Å². The van der Waals surface area contributed by atoms with Gasteiger partial charge in [0.05, 0.1) is 6.20 Å². The van der Waals surface area contributed by atoms with Gasteiger partial charge >= 0.3 is 0 Å². The lowest BCUT2D eigenvalue weighted by Gasteiger charge is -2.20. The van der Waals surface area contributed by atoms with Crippen LogP contribution in [0.3, 0.4) is 0 Å². The van der Waals surface area contributed by atoms with Crippen molar-refractivity contribution in [2.45, 2.75) is 34.2 Å². The minimum absolute atomic E-state index is 0.176. The summed E-state index contributed by atoms with van der Waals surface area (Å²) >= 11 is 5.81. The van der Waals surface area contributed by atoms with Crippen molar-refractivity contribution in [3.05, 3.63) is 17.3 Å². The lowest BCUT2D eigenvalue weighted by molar-refractivity contribution is 0.344. The van der Waals surface area contributed by atoms with Crippen LogP contribution >= 0.6 is 11.6 Å². The van der Waals surface area contributed by atoms with E-state index in [1.54, 1.807) is 6.20 Å². The second kappa shape index (κ2) is 3.70. The largest absolute Gasteiger partial charge is 0.312 e. The van der Waals surface area contributed by atoms with Crippen LogP contribution in [0.5, 0.6) is 0 Å². The lowest BCUT2D eigenvalue weighted by Crippen LogP contribution is -2.16. The SMILES string of the molecule is Cc1nc2cnc(Cl)nc2n1CC(C)(C)C. The van der Waals surface area contributed by atoms with Gasteiger partial charge < -0.3 is 4.57 Å². The number of hydrogen-bond acceptors (Lipinski definition) is 3. The molecule has 0 saturated heterocycles. The number of nitrogens with zero attached hydrogens (tertiary/aromatic N) is 4. The van der Waals surface area contributed by atoms with E-state index >= 15 is 0 Å². The fourth-order valence-electron chi connectivity index (χ4n) is 1.67. The molecule has 2 heterocycles. The van der Waals surface area contributed by atoms with Crippen LogP contribution in [0, 0.1) is 12.3 Å². The Morgan fingerprint density at radius 3 is 2.62 bits per heavy atom. The molecule has 2 aromatic heterocycles. The van der Waals surface area contributed by atoms with Crippen molar-refractivity contribution < 1.29 is 0 Å². The first-order valence-electron chi connectivity index (χ1n) is 5.22. The molecule has 2 rings (SSSR count). The van der Waals surface area contributed by atoms with Gasteiger partial charge in [0.25, 0.3) is 0 Å². The predicted octanol–water partition coefficient (Wildman–Crippen LogP) is 2.83. The van der Waals surface area contributed by atoms with Crippen molar-refractivity contribution in [1.29, 1.82) is 0 Å². The van der Waals surface area contributed by atoms with Crippen LogP contribution in [0.25, 0.3) is 11.2 Å². The third-order valence-electron chi connectivity index (χ3n) is 2.28. The zero-order valence-corrected chi connectivity index (χ0v) is 10.7. The smallest absolute Gasteiger partial charge is 0.224 e. The molecule has 0 saturated carbocycles. The fraction of sp³-hybridized carbons (Fsp3) is 0.545. The minimum atomic E-state index is 0.176. The summed E-state index contributed by atoms with van der Waals surface area (Å²) < 4.78 is 2.09. The van der Waals surface area contributed by atoms with Crippen LogP contribution in [0.15, 0.2) is 6.20 Å². The molecule has 0 fully saturated rings. The highest BCUT2D eigenvalue weighted by Gasteiger charge is 2.16. The van der Waals surface area contributed by atoms with E-state index in [1.165, 1.54) is 0 Å². The summed E-state index contributed by atoms with van der Waals surface area (Å²) in [6.07, 6.45) is 1.66. The molecule has 16 heavy (non-hydrogen) atoms. The molecule has 4 nitrogen and oxygen atoms in total. The summed E-state index contributed by atoms with van der Waals surface area (Å²) in [7, 11) is 0. The van der Waals surface area contributed by atoms with Gasteiger partial charge in [-0.3, -0.25) is 0 Å². The molecule has 0 aliphatic rings. The van der Waals surface area contributed by atoms with Crippen LogP contribution in [0.1, 0.15) is 26.6 Å². The minimum Gasteiger partial charge on any atom is -0.312 e. The normalized spacial score (nSPS) is 12.3. The highest BCUT2D eigenvalue weighted by molar-refractivity contribution is 6.28. The molecule has 5 heteroatoms. The first-order chi connectivity index (χ1) is 7.37. The Bertz CT molecular complexity index is 524. The summed E-state index contributed by atoms with van der Waals surface area (Å²) in [4.78, 5) is 12.6. The van der Waals surface area contributed by atoms with Crippen molar-refractivity contribution in [3.8, 4) is 0 Å². The molecule has 0 aromatic carbocycles. The number of fused-ring (bicyclic) bond motifs is 1. The van der Waals surface area contributed by atoms with E-state index in [0.29, 0.717) is 0 Å². The quantitative estimate of drug-likeness (QED) is 0.718. The Kier molecular flexibility index (Phi) is 2.62. The van der Waals surface area contributed by atoms with Gasteiger partial charge in [0.1, 0.15) is 11.3 Å². The standard InChI is InChI=1S/C11H15ClN4/c1-7-14-8-5-13-10(12)15-9(8)16(7)6-11(2,3)4/h5H,6H2,1-4H3. The van der Waals surface area contributed by atoms with E-state index in [1.807, 2.05) is 6.92 Å². The highest BCUT2D eigenvalue weighted by Crippen LogP contribution is 2.22. The van der Waals surface area contributed by atoms with Gasteiger partial charge in [0, 0.05) is 6.54 Å². The van der Waals surface area contributed by atoms with Gasteiger partial charge in [-0.15, -0.1) is 0 Å². The maximum absolute atomic E-state index is 5.81. The van der Waals surface area contributed by atoms with Crippen molar-refractivity contribution in [3.63, 3.8) is 0 Å². The molecule has 0 bridgehead atoms. The average Bonchev–Trinajstić information content (AvgIpc) is 2.42. The van der Waals surface area contributed by atoms with E-state index in [9.17, 15) is 0 Å². The molecule has 0 unspecified atom stereocenters. The van der Waals surface area contributed by atoms with Gasteiger partial charge in [-0.2, -0.15) is 4.98 Å². The van der Waals surface area contributed by atoms with E-state index < -0.39 is 0 Å². The maximum Gasteiger partial charge on any atom is 0.224 e. The Labute approximate surface area is 99.7 Å². The molecule has 0 amide bonds. The summed E-state index contributed by atoms with van der Waals surface area (Å²) in [5.74, 6) is 0.946. The second-order valence-corrected chi connectivity index (χ2v) is 5.49. The van der Waals surface area contributed by atoms with E-state index in [-0.39, 0.29) is 10.7 Å². The molecule has 0 atom stereocenters. The van der Waals surface area contributed by atoms with Gasteiger partial charge in [0.2, 0.25) is 5.28 Å². The molecule has 0 aliphatic heterocycles. The topological polar surface area (TPSA) is 43.6 Å².